The molecule has 2 N–H and O–H groups in total. The number of benzene rings is 1. The van der Waals surface area contributed by atoms with Crippen molar-refractivity contribution in [1.29, 1.82) is 0 Å². The smallest absolute Gasteiger partial charge is 0.419 e. The topological polar surface area (TPSA) is 52.3 Å². The zero-order chi connectivity index (χ0) is 13.8. The number of rotatable bonds is 4. The molecule has 0 aliphatic carbocycles. The molecule has 0 radical (unpaired) electrons. The summed E-state index contributed by atoms with van der Waals surface area (Å²) in [6.07, 6.45) is -1.70. The molecule has 0 aromatic heterocycles. The molecule has 0 unspecified atom stereocenters. The van der Waals surface area contributed by atoms with Crippen LogP contribution in [-0.4, -0.2) is 13.0 Å². The van der Waals surface area contributed by atoms with Crippen molar-refractivity contribution < 1.29 is 22.7 Å². The van der Waals surface area contributed by atoms with Crippen LogP contribution in [0.1, 0.15) is 17.5 Å². The summed E-state index contributed by atoms with van der Waals surface area (Å²) in [6, 6.07) is 3.65. The fourth-order valence-electron chi connectivity index (χ4n) is 1.36. The zero-order valence-electron chi connectivity index (χ0n) is 9.62. The highest BCUT2D eigenvalue weighted by molar-refractivity contribution is 5.76. The van der Waals surface area contributed by atoms with Crippen LogP contribution in [0, 0.1) is 0 Å². The van der Waals surface area contributed by atoms with Crippen LogP contribution in [0.15, 0.2) is 24.3 Å². The van der Waals surface area contributed by atoms with Crippen LogP contribution in [0.5, 0.6) is 5.75 Å². The number of amides is 1. The van der Waals surface area contributed by atoms with Gasteiger partial charge in [0.05, 0.1) is 12.7 Å². The fraction of sp³-hybridized carbons (Fsp3) is 0.250. The minimum absolute atomic E-state index is 0.0205. The second-order valence-corrected chi connectivity index (χ2v) is 3.53. The summed E-state index contributed by atoms with van der Waals surface area (Å²) in [5.41, 5.74) is 4.38. The second-order valence-electron chi connectivity index (χ2n) is 3.53. The number of carbonyl (C=O) groups excluding carboxylic acids is 1. The average molecular weight is 259 g/mol. The molecule has 1 aromatic rings. The molecule has 6 heteroatoms. The molecule has 0 spiro atoms. The number of hydrogen-bond acceptors (Lipinski definition) is 2. The number of alkyl halides is 3. The first kappa shape index (κ1) is 14.1. The Morgan fingerprint density at radius 3 is 2.61 bits per heavy atom. The van der Waals surface area contributed by atoms with E-state index >= 15 is 0 Å². The monoisotopic (exact) mass is 259 g/mol. The van der Waals surface area contributed by atoms with Gasteiger partial charge in [0.25, 0.3) is 0 Å². The van der Waals surface area contributed by atoms with Crippen LogP contribution >= 0.6 is 0 Å². The molecule has 0 saturated carbocycles. The predicted octanol–water partition coefficient (Wildman–Crippen LogP) is 2.60. The van der Waals surface area contributed by atoms with E-state index in [-0.39, 0.29) is 12.2 Å². The van der Waals surface area contributed by atoms with Crippen LogP contribution in [0.25, 0.3) is 6.08 Å². The third kappa shape index (κ3) is 3.80. The number of halogens is 3. The standard InChI is InChI=1S/C12H12F3NO2/c1-18-10-6-5-8(3-2-4-11(16)17)7-9(10)12(13,14)15/h2-3,5-7H,4H2,1H3,(H2,16,17). The molecule has 3 nitrogen and oxygen atoms in total. The van der Waals surface area contributed by atoms with Gasteiger partial charge in [-0.15, -0.1) is 0 Å². The predicted molar refractivity (Wildman–Crippen MR) is 60.8 cm³/mol. The van der Waals surface area contributed by atoms with Crippen molar-refractivity contribution in [1.82, 2.24) is 0 Å². The Morgan fingerprint density at radius 1 is 1.44 bits per heavy atom. The number of nitrogens with two attached hydrogens (primary N) is 1. The summed E-state index contributed by atoms with van der Waals surface area (Å²) in [5.74, 6) is -0.787. The molecule has 0 aliphatic rings. The summed E-state index contributed by atoms with van der Waals surface area (Å²) in [4.78, 5) is 10.5. The molecule has 0 aliphatic heterocycles. The summed E-state index contributed by atoms with van der Waals surface area (Å²) in [6.45, 7) is 0. The highest BCUT2D eigenvalue weighted by Crippen LogP contribution is 2.36. The average Bonchev–Trinajstić information content (AvgIpc) is 2.27. The minimum atomic E-state index is -4.49. The first-order chi connectivity index (χ1) is 8.34. The van der Waals surface area contributed by atoms with E-state index in [1.54, 1.807) is 0 Å². The SMILES string of the molecule is COc1ccc(C=CCC(N)=O)cc1C(F)(F)F. The van der Waals surface area contributed by atoms with E-state index in [0.29, 0.717) is 5.56 Å². The van der Waals surface area contributed by atoms with Gasteiger partial charge in [0.2, 0.25) is 5.91 Å². The first-order valence-electron chi connectivity index (χ1n) is 5.04. The maximum atomic E-state index is 12.7. The van der Waals surface area contributed by atoms with Crippen LogP contribution in [0.3, 0.4) is 0 Å². The number of carbonyl (C=O) groups is 1. The normalized spacial score (nSPS) is 11.8. The zero-order valence-corrected chi connectivity index (χ0v) is 9.62. The molecule has 0 bridgehead atoms. The minimum Gasteiger partial charge on any atom is -0.496 e. The third-order valence-corrected chi connectivity index (χ3v) is 2.16. The highest BCUT2D eigenvalue weighted by Gasteiger charge is 2.34. The van der Waals surface area contributed by atoms with E-state index in [2.05, 4.69) is 4.74 Å². The molecule has 98 valence electrons. The van der Waals surface area contributed by atoms with E-state index in [1.807, 2.05) is 0 Å². The second kappa shape index (κ2) is 5.57. The quantitative estimate of drug-likeness (QED) is 0.903. The lowest BCUT2D eigenvalue weighted by Gasteiger charge is -2.12. The third-order valence-electron chi connectivity index (χ3n) is 2.16. The van der Waals surface area contributed by atoms with Crippen LogP contribution < -0.4 is 10.5 Å². The van der Waals surface area contributed by atoms with Gasteiger partial charge >= 0.3 is 6.18 Å². The molecule has 18 heavy (non-hydrogen) atoms. The lowest BCUT2D eigenvalue weighted by Crippen LogP contribution is -2.08. The van der Waals surface area contributed by atoms with Crippen molar-refractivity contribution in [2.75, 3.05) is 7.11 Å². The number of methoxy groups -OCH3 is 1. The highest BCUT2D eigenvalue weighted by atomic mass is 19.4. The van der Waals surface area contributed by atoms with E-state index in [9.17, 15) is 18.0 Å². The van der Waals surface area contributed by atoms with E-state index < -0.39 is 17.6 Å². The Morgan fingerprint density at radius 2 is 2.11 bits per heavy atom. The van der Waals surface area contributed by atoms with Gasteiger partial charge in [0, 0.05) is 6.42 Å². The number of ether oxygens (including phenoxy) is 1. The van der Waals surface area contributed by atoms with E-state index in [0.717, 1.165) is 6.07 Å². The van der Waals surface area contributed by atoms with Crippen molar-refractivity contribution in [3.8, 4) is 5.75 Å². The number of hydrogen-bond donors (Lipinski definition) is 1. The lowest BCUT2D eigenvalue weighted by molar-refractivity contribution is -0.138. The molecule has 0 heterocycles. The Kier molecular flexibility index (Phi) is 4.36. The van der Waals surface area contributed by atoms with E-state index in [4.69, 9.17) is 5.73 Å². The first-order valence-corrected chi connectivity index (χ1v) is 5.04. The Hall–Kier alpha value is -1.98. The van der Waals surface area contributed by atoms with Gasteiger partial charge in [-0.05, 0) is 17.7 Å². The molecule has 0 saturated heterocycles. The van der Waals surface area contributed by atoms with Crippen molar-refractivity contribution in [2.24, 2.45) is 5.73 Å². The maximum absolute atomic E-state index is 12.7. The van der Waals surface area contributed by atoms with Crippen LogP contribution in [0.2, 0.25) is 0 Å². The molecule has 1 rings (SSSR count). The Bertz CT molecular complexity index is 467. The Labute approximate surface area is 102 Å². The van der Waals surface area contributed by atoms with Gasteiger partial charge in [-0.3, -0.25) is 4.79 Å². The van der Waals surface area contributed by atoms with Crippen LogP contribution in [0.4, 0.5) is 13.2 Å². The molecule has 1 aromatic carbocycles. The molecular weight excluding hydrogens is 247 g/mol. The molecule has 0 atom stereocenters. The van der Waals surface area contributed by atoms with Crippen molar-refractivity contribution in [3.63, 3.8) is 0 Å². The molecular formula is C12H12F3NO2. The largest absolute Gasteiger partial charge is 0.496 e. The van der Waals surface area contributed by atoms with Gasteiger partial charge in [-0.2, -0.15) is 13.2 Å². The lowest BCUT2D eigenvalue weighted by atomic mass is 10.1. The van der Waals surface area contributed by atoms with Gasteiger partial charge in [-0.25, -0.2) is 0 Å². The van der Waals surface area contributed by atoms with Gasteiger partial charge in [0.15, 0.2) is 0 Å². The van der Waals surface area contributed by atoms with Gasteiger partial charge < -0.3 is 10.5 Å². The summed E-state index contributed by atoms with van der Waals surface area (Å²) in [5, 5.41) is 0. The summed E-state index contributed by atoms with van der Waals surface area (Å²) < 4.78 is 42.7. The maximum Gasteiger partial charge on any atom is 0.419 e. The van der Waals surface area contributed by atoms with Crippen molar-refractivity contribution in [3.05, 3.63) is 35.4 Å². The Balaban J connectivity index is 3.03. The van der Waals surface area contributed by atoms with Crippen molar-refractivity contribution >= 4 is 12.0 Å². The summed E-state index contributed by atoms with van der Waals surface area (Å²) in [7, 11) is 1.17. The van der Waals surface area contributed by atoms with E-state index in [1.165, 1.54) is 31.4 Å². The van der Waals surface area contributed by atoms with Crippen molar-refractivity contribution in [2.45, 2.75) is 12.6 Å². The molecule has 0 fully saturated rings. The van der Waals surface area contributed by atoms with Gasteiger partial charge in [0.1, 0.15) is 5.75 Å². The summed E-state index contributed by atoms with van der Waals surface area (Å²) >= 11 is 0. The molecule has 1 amide bonds. The fourth-order valence-corrected chi connectivity index (χ4v) is 1.36. The van der Waals surface area contributed by atoms with Gasteiger partial charge in [-0.1, -0.05) is 18.2 Å². The number of primary amides is 1. The van der Waals surface area contributed by atoms with Crippen LogP contribution in [-0.2, 0) is 11.0 Å².